The molecule has 1 fully saturated rings. The number of rotatable bonds is 2. The molecule has 20 heavy (non-hydrogen) atoms. The fourth-order valence-corrected chi connectivity index (χ4v) is 2.50. The summed E-state index contributed by atoms with van der Waals surface area (Å²) < 4.78 is 0. The summed E-state index contributed by atoms with van der Waals surface area (Å²) in [5.41, 5.74) is 0.938. The van der Waals surface area contributed by atoms with E-state index in [1.807, 2.05) is 4.90 Å². The summed E-state index contributed by atoms with van der Waals surface area (Å²) >= 11 is 0. The largest absolute Gasteiger partial charge is 0.368 e. The van der Waals surface area contributed by atoms with E-state index in [-0.39, 0.29) is 0 Å². The molecule has 0 unspecified atom stereocenters. The van der Waals surface area contributed by atoms with Gasteiger partial charge in [-0.1, -0.05) is 0 Å². The summed E-state index contributed by atoms with van der Waals surface area (Å²) in [4.78, 5) is 37.7. The zero-order valence-corrected chi connectivity index (χ0v) is 11.0. The van der Waals surface area contributed by atoms with Gasteiger partial charge in [0.1, 0.15) is 5.70 Å². The van der Waals surface area contributed by atoms with Crippen molar-refractivity contribution in [1.29, 1.82) is 0 Å². The number of allylic oxidation sites excluding steroid dienone is 1. The third-order valence-electron chi connectivity index (χ3n) is 3.45. The number of nitrogens with zero attached hydrogens (tertiary/aromatic N) is 4. The molecule has 2 aliphatic heterocycles. The Bertz CT molecular complexity index is 601. The van der Waals surface area contributed by atoms with Crippen LogP contribution in [0.4, 0.5) is 0 Å². The molecule has 2 aliphatic rings. The van der Waals surface area contributed by atoms with E-state index in [2.05, 4.69) is 15.0 Å². The maximum Gasteiger partial charge on any atom is 0.319 e. The minimum atomic E-state index is -0.717. The second-order valence-corrected chi connectivity index (χ2v) is 4.77. The molecule has 102 valence electrons. The van der Waals surface area contributed by atoms with Gasteiger partial charge in [-0.25, -0.2) is 15.0 Å². The Kier molecular flexibility index (Phi) is 3.37. The average molecular weight is 270 g/mol. The topological polar surface area (TPSA) is 75.5 Å². The lowest BCUT2D eigenvalue weighted by molar-refractivity contribution is -0.134. The highest BCUT2D eigenvalue weighted by Crippen LogP contribution is 2.24. The van der Waals surface area contributed by atoms with E-state index in [9.17, 15) is 9.59 Å². The van der Waals surface area contributed by atoms with E-state index < -0.39 is 11.7 Å². The number of ketones is 1. The number of carbonyl (C=O) groups is 2. The number of amides is 1. The number of Topliss-reactive ketones (excluding diaryl/α,β-unsaturated/α-hetero) is 1. The molecular weight excluding hydrogens is 256 g/mol. The molecule has 0 saturated carbocycles. The molecule has 0 bridgehead atoms. The summed E-state index contributed by atoms with van der Waals surface area (Å²) in [5.74, 6) is -0.847. The monoisotopic (exact) mass is 270 g/mol. The third kappa shape index (κ3) is 2.24. The number of dihydropyridines is 1. The van der Waals surface area contributed by atoms with Gasteiger partial charge in [-0.05, 0) is 25.3 Å². The van der Waals surface area contributed by atoms with Crippen LogP contribution in [0.5, 0.6) is 0 Å². The van der Waals surface area contributed by atoms with E-state index in [1.165, 1.54) is 6.21 Å². The predicted octanol–water partition coefficient (Wildman–Crippen LogP) is 0.854. The SMILES string of the molecule is O=C1N=CC(c2ncccn2)=C(N2CCCCC2)C1=O. The van der Waals surface area contributed by atoms with Crippen LogP contribution in [0.2, 0.25) is 0 Å². The van der Waals surface area contributed by atoms with E-state index >= 15 is 0 Å². The summed E-state index contributed by atoms with van der Waals surface area (Å²) in [6.45, 7) is 1.55. The molecule has 6 heteroatoms. The van der Waals surface area contributed by atoms with E-state index in [4.69, 9.17) is 0 Å². The number of carbonyl (C=O) groups excluding carboxylic acids is 2. The Balaban J connectivity index is 2.08. The number of hydrogen-bond acceptors (Lipinski definition) is 5. The number of likely N-dealkylation sites (tertiary alicyclic amines) is 1. The van der Waals surface area contributed by atoms with Gasteiger partial charge in [0, 0.05) is 31.7 Å². The quantitative estimate of drug-likeness (QED) is 0.745. The van der Waals surface area contributed by atoms with Gasteiger partial charge in [0.2, 0.25) is 0 Å². The lowest BCUT2D eigenvalue weighted by Crippen LogP contribution is -2.37. The van der Waals surface area contributed by atoms with Crippen LogP contribution in [0.1, 0.15) is 25.1 Å². The maximum atomic E-state index is 12.2. The van der Waals surface area contributed by atoms with Gasteiger partial charge in [0.15, 0.2) is 5.82 Å². The van der Waals surface area contributed by atoms with Crippen molar-refractivity contribution in [3.8, 4) is 0 Å². The maximum absolute atomic E-state index is 12.2. The van der Waals surface area contributed by atoms with Gasteiger partial charge >= 0.3 is 5.91 Å². The van der Waals surface area contributed by atoms with Crippen LogP contribution in [-0.4, -0.2) is 45.9 Å². The zero-order valence-electron chi connectivity index (χ0n) is 11.0. The van der Waals surface area contributed by atoms with Crippen LogP contribution in [0.3, 0.4) is 0 Å². The molecule has 6 nitrogen and oxygen atoms in total. The number of aliphatic imine (C=N–C) groups is 1. The van der Waals surface area contributed by atoms with Crippen LogP contribution in [0, 0.1) is 0 Å². The molecule has 0 aliphatic carbocycles. The van der Waals surface area contributed by atoms with Gasteiger partial charge in [0.25, 0.3) is 5.78 Å². The van der Waals surface area contributed by atoms with Crippen molar-refractivity contribution in [3.63, 3.8) is 0 Å². The molecule has 0 N–H and O–H groups in total. The molecule has 1 aromatic rings. The molecule has 1 aromatic heterocycles. The second kappa shape index (κ2) is 5.32. The van der Waals surface area contributed by atoms with Crippen molar-refractivity contribution in [2.24, 2.45) is 4.99 Å². The molecule has 1 saturated heterocycles. The van der Waals surface area contributed by atoms with Crippen LogP contribution in [0.15, 0.2) is 29.1 Å². The minimum Gasteiger partial charge on any atom is -0.368 e. The summed E-state index contributed by atoms with van der Waals surface area (Å²) in [6.07, 6.45) is 7.81. The van der Waals surface area contributed by atoms with E-state index in [0.717, 1.165) is 32.4 Å². The van der Waals surface area contributed by atoms with Crippen molar-refractivity contribution < 1.29 is 9.59 Å². The molecule has 1 amide bonds. The highest BCUT2D eigenvalue weighted by molar-refractivity contribution is 6.49. The number of hydrogen-bond donors (Lipinski definition) is 0. The highest BCUT2D eigenvalue weighted by Gasteiger charge is 2.31. The first-order chi connectivity index (χ1) is 9.77. The summed E-state index contributed by atoms with van der Waals surface area (Å²) in [7, 11) is 0. The molecule has 0 aromatic carbocycles. The van der Waals surface area contributed by atoms with Crippen molar-refractivity contribution in [3.05, 3.63) is 30.0 Å². The van der Waals surface area contributed by atoms with Crippen LogP contribution in [0.25, 0.3) is 5.57 Å². The van der Waals surface area contributed by atoms with Crippen molar-refractivity contribution in [1.82, 2.24) is 14.9 Å². The van der Waals surface area contributed by atoms with Crippen LogP contribution >= 0.6 is 0 Å². The Morgan fingerprint density at radius 1 is 1.00 bits per heavy atom. The Morgan fingerprint density at radius 3 is 2.40 bits per heavy atom. The van der Waals surface area contributed by atoms with Crippen molar-refractivity contribution in [2.45, 2.75) is 19.3 Å². The first-order valence-corrected chi connectivity index (χ1v) is 6.67. The predicted molar refractivity (Wildman–Crippen MR) is 72.9 cm³/mol. The van der Waals surface area contributed by atoms with Gasteiger partial charge in [-0.3, -0.25) is 9.59 Å². The first kappa shape index (κ1) is 12.7. The first-order valence-electron chi connectivity index (χ1n) is 6.67. The van der Waals surface area contributed by atoms with Crippen LogP contribution in [-0.2, 0) is 9.59 Å². The fourth-order valence-electron chi connectivity index (χ4n) is 2.50. The molecule has 0 atom stereocenters. The fraction of sp³-hybridized carbons (Fsp3) is 0.357. The Morgan fingerprint density at radius 2 is 1.70 bits per heavy atom. The number of aromatic nitrogens is 2. The van der Waals surface area contributed by atoms with Gasteiger partial charge < -0.3 is 4.90 Å². The van der Waals surface area contributed by atoms with Gasteiger partial charge in [-0.15, -0.1) is 0 Å². The minimum absolute atomic E-state index is 0.399. The Hall–Kier alpha value is -2.37. The van der Waals surface area contributed by atoms with Crippen LogP contribution < -0.4 is 0 Å². The number of piperidine rings is 1. The standard InChI is InChI=1S/C14H14N4O2/c19-12-11(18-7-2-1-3-8-18)10(9-17-14(12)20)13-15-5-4-6-16-13/h4-6,9H,1-3,7-8H2. The normalized spacial score (nSPS) is 19.7. The lowest BCUT2D eigenvalue weighted by Gasteiger charge is -2.31. The molecular formula is C14H14N4O2. The van der Waals surface area contributed by atoms with E-state index in [1.54, 1.807) is 18.5 Å². The summed E-state index contributed by atoms with van der Waals surface area (Å²) in [5, 5.41) is 0. The zero-order chi connectivity index (χ0) is 13.9. The molecule has 3 heterocycles. The third-order valence-corrected chi connectivity index (χ3v) is 3.45. The molecule has 3 rings (SSSR count). The van der Waals surface area contributed by atoms with Crippen molar-refractivity contribution in [2.75, 3.05) is 13.1 Å². The smallest absolute Gasteiger partial charge is 0.319 e. The van der Waals surface area contributed by atoms with Crippen molar-refractivity contribution >= 4 is 23.5 Å². The van der Waals surface area contributed by atoms with E-state index in [0.29, 0.717) is 17.1 Å². The lowest BCUT2D eigenvalue weighted by atomic mass is 10.0. The summed E-state index contributed by atoms with van der Waals surface area (Å²) in [6, 6.07) is 1.71. The van der Waals surface area contributed by atoms with Gasteiger partial charge in [0.05, 0.1) is 5.57 Å². The molecule has 0 spiro atoms. The molecule has 0 radical (unpaired) electrons. The Labute approximate surface area is 116 Å². The highest BCUT2D eigenvalue weighted by atomic mass is 16.2. The second-order valence-electron chi connectivity index (χ2n) is 4.77. The van der Waals surface area contributed by atoms with Gasteiger partial charge in [-0.2, -0.15) is 0 Å². The average Bonchev–Trinajstić information content (AvgIpc) is 2.51.